The maximum Gasteiger partial charge on any atom is 0.347 e. The van der Waals surface area contributed by atoms with Crippen LogP contribution in [-0.2, 0) is 0 Å². The second kappa shape index (κ2) is 5.12. The summed E-state index contributed by atoms with van der Waals surface area (Å²) in [5, 5.41) is 9.82. The Hall–Kier alpha value is -0.980. The Bertz CT molecular complexity index is 407. The monoisotopic (exact) mass is 255 g/mol. The van der Waals surface area contributed by atoms with Gasteiger partial charge in [-0.1, -0.05) is 0 Å². The first-order chi connectivity index (χ1) is 8.08. The lowest BCUT2D eigenvalue weighted by Gasteiger charge is -2.25. The average Bonchev–Trinajstić information content (AvgIpc) is 2.68. The third-order valence-corrected chi connectivity index (χ3v) is 4.17. The smallest absolute Gasteiger partial charge is 0.347 e. The molecule has 0 bridgehead atoms. The lowest BCUT2D eigenvalue weighted by molar-refractivity contribution is 0.0702. The summed E-state index contributed by atoms with van der Waals surface area (Å²) in [5.74, 6) is -0.890. The summed E-state index contributed by atoms with van der Waals surface area (Å²) < 4.78 is 0. The highest BCUT2D eigenvalue weighted by Gasteiger charge is 2.25. The van der Waals surface area contributed by atoms with Crippen LogP contribution in [0.4, 0.5) is 0 Å². The Morgan fingerprint density at radius 1 is 1.53 bits per heavy atom. The largest absolute Gasteiger partial charge is 0.477 e. The zero-order valence-electron chi connectivity index (χ0n) is 10.1. The van der Waals surface area contributed by atoms with Gasteiger partial charge in [0.15, 0.2) is 0 Å². The molecule has 0 saturated carbocycles. The Balaban J connectivity index is 2.20. The van der Waals surface area contributed by atoms with E-state index < -0.39 is 5.97 Å². The number of aromatic carboxylic acids is 1. The van der Waals surface area contributed by atoms with Crippen LogP contribution < -0.4 is 0 Å². The quantitative estimate of drug-likeness (QED) is 0.859. The SMILES string of the molecule is CN1CCCN(C)C(c2ncc(C(=O)O)s2)C1. The summed E-state index contributed by atoms with van der Waals surface area (Å²) in [7, 11) is 4.17. The van der Waals surface area contributed by atoms with Crippen LogP contribution in [0.25, 0.3) is 0 Å². The topological polar surface area (TPSA) is 56.7 Å². The number of nitrogens with zero attached hydrogens (tertiary/aromatic N) is 3. The van der Waals surface area contributed by atoms with Gasteiger partial charge in [0.25, 0.3) is 0 Å². The van der Waals surface area contributed by atoms with Crippen molar-refractivity contribution in [2.45, 2.75) is 12.5 Å². The molecule has 5 nitrogen and oxygen atoms in total. The van der Waals surface area contributed by atoms with Gasteiger partial charge in [-0.25, -0.2) is 9.78 Å². The van der Waals surface area contributed by atoms with Gasteiger partial charge in [0.05, 0.1) is 12.2 Å². The molecule has 1 N–H and O–H groups in total. The molecule has 0 radical (unpaired) electrons. The summed E-state index contributed by atoms with van der Waals surface area (Å²) in [6, 6.07) is 0.209. The Morgan fingerprint density at radius 3 is 2.94 bits per heavy atom. The Kier molecular flexibility index (Phi) is 3.76. The van der Waals surface area contributed by atoms with Crippen LogP contribution in [0, 0.1) is 0 Å². The molecule has 17 heavy (non-hydrogen) atoms. The number of carboxylic acids is 1. The van der Waals surface area contributed by atoms with Crippen molar-refractivity contribution in [3.8, 4) is 0 Å². The number of hydrogen-bond donors (Lipinski definition) is 1. The second-order valence-electron chi connectivity index (χ2n) is 4.48. The van der Waals surface area contributed by atoms with Gasteiger partial charge < -0.3 is 10.0 Å². The maximum absolute atomic E-state index is 10.9. The summed E-state index contributed by atoms with van der Waals surface area (Å²) in [6.45, 7) is 3.01. The average molecular weight is 255 g/mol. The summed E-state index contributed by atoms with van der Waals surface area (Å²) in [5.41, 5.74) is 0. The van der Waals surface area contributed by atoms with Crippen molar-refractivity contribution in [3.63, 3.8) is 0 Å². The highest BCUT2D eigenvalue weighted by atomic mass is 32.1. The molecule has 1 aromatic heterocycles. The summed E-state index contributed by atoms with van der Waals surface area (Å²) in [4.78, 5) is 20.0. The molecular weight excluding hydrogens is 238 g/mol. The molecule has 1 aromatic rings. The molecule has 2 heterocycles. The minimum atomic E-state index is -0.890. The zero-order valence-corrected chi connectivity index (χ0v) is 10.9. The van der Waals surface area contributed by atoms with Gasteiger partial charge in [-0.15, -0.1) is 11.3 Å². The van der Waals surface area contributed by atoms with Crippen molar-refractivity contribution in [1.82, 2.24) is 14.8 Å². The number of rotatable bonds is 2. The van der Waals surface area contributed by atoms with E-state index >= 15 is 0 Å². The number of carboxylic acid groups (broad SMARTS) is 1. The van der Waals surface area contributed by atoms with Crippen LogP contribution >= 0.6 is 11.3 Å². The van der Waals surface area contributed by atoms with E-state index in [1.165, 1.54) is 17.5 Å². The van der Waals surface area contributed by atoms with Gasteiger partial charge >= 0.3 is 5.97 Å². The molecule has 0 aromatic carbocycles. The van der Waals surface area contributed by atoms with E-state index in [1.54, 1.807) is 0 Å². The highest BCUT2D eigenvalue weighted by Crippen LogP contribution is 2.26. The Morgan fingerprint density at radius 2 is 2.29 bits per heavy atom. The van der Waals surface area contributed by atoms with Gasteiger partial charge in [0.2, 0.25) is 0 Å². The standard InChI is InChI=1S/C11H17N3O2S/c1-13-4-3-5-14(2)8(7-13)10-12-6-9(17-10)11(15)16/h6,8H,3-5,7H2,1-2H3,(H,15,16). The van der Waals surface area contributed by atoms with Crippen molar-refractivity contribution >= 4 is 17.3 Å². The molecule has 2 rings (SSSR count). The molecule has 0 aliphatic carbocycles. The molecule has 1 atom stereocenters. The summed E-state index contributed by atoms with van der Waals surface area (Å²) >= 11 is 1.28. The van der Waals surface area contributed by atoms with E-state index in [4.69, 9.17) is 5.11 Å². The van der Waals surface area contributed by atoms with Crippen LogP contribution in [0.5, 0.6) is 0 Å². The molecule has 94 valence electrons. The molecule has 0 spiro atoms. The van der Waals surface area contributed by atoms with Gasteiger partial charge in [0.1, 0.15) is 9.88 Å². The fourth-order valence-corrected chi connectivity index (χ4v) is 2.99. The van der Waals surface area contributed by atoms with Crippen LogP contribution in [0.2, 0.25) is 0 Å². The first-order valence-electron chi connectivity index (χ1n) is 5.65. The van der Waals surface area contributed by atoms with E-state index in [1.807, 2.05) is 0 Å². The molecule has 1 aliphatic heterocycles. The second-order valence-corrected chi connectivity index (χ2v) is 5.54. The zero-order chi connectivity index (χ0) is 12.4. The van der Waals surface area contributed by atoms with Gasteiger partial charge in [0, 0.05) is 6.54 Å². The first-order valence-corrected chi connectivity index (χ1v) is 6.47. The van der Waals surface area contributed by atoms with Crippen molar-refractivity contribution in [1.29, 1.82) is 0 Å². The number of aromatic nitrogens is 1. The van der Waals surface area contributed by atoms with E-state index in [0.29, 0.717) is 4.88 Å². The molecule has 0 amide bonds. The van der Waals surface area contributed by atoms with Crippen molar-refractivity contribution in [2.24, 2.45) is 0 Å². The summed E-state index contributed by atoms with van der Waals surface area (Å²) in [6.07, 6.45) is 2.60. The molecular formula is C11H17N3O2S. The molecule has 6 heteroatoms. The van der Waals surface area contributed by atoms with E-state index in [0.717, 1.165) is 31.1 Å². The van der Waals surface area contributed by atoms with E-state index in [2.05, 4.69) is 28.9 Å². The molecule has 1 aliphatic rings. The number of thiazole rings is 1. The number of likely N-dealkylation sites (N-methyl/N-ethyl adjacent to an activating group) is 2. The Labute approximate surface area is 105 Å². The van der Waals surface area contributed by atoms with Crippen LogP contribution in [0.15, 0.2) is 6.20 Å². The van der Waals surface area contributed by atoms with E-state index in [9.17, 15) is 4.79 Å². The third-order valence-electron chi connectivity index (χ3n) is 3.09. The van der Waals surface area contributed by atoms with Gasteiger partial charge in [-0.2, -0.15) is 0 Å². The predicted molar refractivity (Wildman–Crippen MR) is 66.6 cm³/mol. The fourth-order valence-electron chi connectivity index (χ4n) is 2.08. The lowest BCUT2D eigenvalue weighted by atomic mass is 10.2. The maximum atomic E-state index is 10.9. The van der Waals surface area contributed by atoms with Crippen LogP contribution in [0.3, 0.4) is 0 Å². The third kappa shape index (κ3) is 2.83. The van der Waals surface area contributed by atoms with Crippen LogP contribution in [0.1, 0.15) is 27.1 Å². The van der Waals surface area contributed by atoms with Crippen molar-refractivity contribution in [2.75, 3.05) is 33.7 Å². The minimum Gasteiger partial charge on any atom is -0.477 e. The first kappa shape index (κ1) is 12.5. The van der Waals surface area contributed by atoms with Crippen LogP contribution in [-0.4, -0.2) is 59.6 Å². The fraction of sp³-hybridized carbons (Fsp3) is 0.636. The van der Waals surface area contributed by atoms with E-state index in [-0.39, 0.29) is 6.04 Å². The highest BCUT2D eigenvalue weighted by molar-refractivity contribution is 7.13. The molecule has 1 unspecified atom stereocenters. The minimum absolute atomic E-state index is 0.209. The molecule has 1 fully saturated rings. The predicted octanol–water partition coefficient (Wildman–Crippen LogP) is 1.15. The van der Waals surface area contributed by atoms with Crippen molar-refractivity contribution in [3.05, 3.63) is 16.1 Å². The lowest BCUT2D eigenvalue weighted by Crippen LogP contribution is -2.30. The number of carbonyl (C=O) groups is 1. The van der Waals surface area contributed by atoms with Gasteiger partial charge in [-0.05, 0) is 33.6 Å². The number of hydrogen-bond acceptors (Lipinski definition) is 5. The van der Waals surface area contributed by atoms with Crippen molar-refractivity contribution < 1.29 is 9.90 Å². The molecule has 1 saturated heterocycles. The van der Waals surface area contributed by atoms with Gasteiger partial charge in [-0.3, -0.25) is 4.90 Å². The normalized spacial score (nSPS) is 23.5.